The van der Waals surface area contributed by atoms with Crippen LogP contribution in [0.4, 0.5) is 0 Å². The normalized spacial score (nSPS) is 17.8. The number of carbonyl (C=O) groups is 1. The van der Waals surface area contributed by atoms with Crippen LogP contribution in [0.3, 0.4) is 0 Å². The van der Waals surface area contributed by atoms with Crippen LogP contribution in [0.25, 0.3) is 0 Å². The lowest BCUT2D eigenvalue weighted by Crippen LogP contribution is -2.25. The van der Waals surface area contributed by atoms with Crippen molar-refractivity contribution in [1.29, 1.82) is 0 Å². The molecule has 5 nitrogen and oxygen atoms in total. The van der Waals surface area contributed by atoms with Crippen molar-refractivity contribution in [3.05, 3.63) is 58.6 Å². The van der Waals surface area contributed by atoms with Gasteiger partial charge in [0.1, 0.15) is 17.6 Å². The molecule has 0 bridgehead atoms. The number of halogens is 1. The Hall–Kier alpha value is -2.53. The fourth-order valence-electron chi connectivity index (χ4n) is 2.46. The number of hydrogen-bond acceptors (Lipinski definition) is 5. The monoisotopic (exact) mass is 345 g/mol. The molecule has 0 aromatic heterocycles. The van der Waals surface area contributed by atoms with Crippen molar-refractivity contribution in [1.82, 2.24) is 0 Å². The zero-order chi connectivity index (χ0) is 17.1. The van der Waals surface area contributed by atoms with E-state index in [1.807, 2.05) is 19.1 Å². The lowest BCUT2D eigenvalue weighted by molar-refractivity contribution is 0.0513. The van der Waals surface area contributed by atoms with Crippen molar-refractivity contribution in [2.24, 2.45) is 5.16 Å². The maximum Gasteiger partial charge on any atom is 0.365 e. The molecule has 0 fully saturated rings. The molecule has 1 atom stereocenters. The van der Waals surface area contributed by atoms with Gasteiger partial charge < -0.3 is 14.3 Å². The average molecular weight is 346 g/mol. The molecular weight excluding hydrogens is 330 g/mol. The SMILES string of the molecule is COc1ccc2c(c1)O[C@H](C)C/C2=N\OC(=O)c1cccc(Cl)c1. The molecule has 0 N–H and O–H groups in total. The summed E-state index contributed by atoms with van der Waals surface area (Å²) in [5.74, 6) is 0.794. The summed E-state index contributed by atoms with van der Waals surface area (Å²) in [6, 6.07) is 12.0. The van der Waals surface area contributed by atoms with Crippen LogP contribution in [-0.4, -0.2) is 24.9 Å². The standard InChI is InChI=1S/C18H16ClNO4/c1-11-8-16(15-7-6-14(22-2)10-17(15)23-11)20-24-18(21)12-4-3-5-13(19)9-12/h3-7,9-11H,8H2,1-2H3/b20-16+/t11-/m1/s1. The second kappa shape index (κ2) is 6.93. The molecule has 0 unspecified atom stereocenters. The van der Waals surface area contributed by atoms with Gasteiger partial charge in [0.25, 0.3) is 0 Å². The van der Waals surface area contributed by atoms with Gasteiger partial charge in [-0.1, -0.05) is 22.8 Å². The van der Waals surface area contributed by atoms with Gasteiger partial charge in [-0.05, 0) is 37.3 Å². The molecular formula is C18H16ClNO4. The molecule has 1 aliphatic rings. The van der Waals surface area contributed by atoms with Gasteiger partial charge in [0.2, 0.25) is 0 Å². The zero-order valence-electron chi connectivity index (χ0n) is 13.3. The van der Waals surface area contributed by atoms with E-state index in [0.29, 0.717) is 34.2 Å². The predicted molar refractivity (Wildman–Crippen MR) is 91.1 cm³/mol. The second-order valence-corrected chi connectivity index (χ2v) is 5.86. The Balaban J connectivity index is 1.84. The second-order valence-electron chi connectivity index (χ2n) is 5.42. The average Bonchev–Trinajstić information content (AvgIpc) is 2.58. The Kier molecular flexibility index (Phi) is 4.71. The highest BCUT2D eigenvalue weighted by Gasteiger charge is 2.23. The molecule has 0 saturated heterocycles. The van der Waals surface area contributed by atoms with Crippen LogP contribution in [0.1, 0.15) is 29.3 Å². The summed E-state index contributed by atoms with van der Waals surface area (Å²) in [6.07, 6.45) is 0.468. The zero-order valence-corrected chi connectivity index (χ0v) is 14.0. The van der Waals surface area contributed by atoms with Gasteiger partial charge in [-0.2, -0.15) is 0 Å². The number of rotatable bonds is 3. The van der Waals surface area contributed by atoms with Crippen molar-refractivity contribution in [3.8, 4) is 11.5 Å². The lowest BCUT2D eigenvalue weighted by Gasteiger charge is -2.24. The molecule has 3 rings (SSSR count). The van der Waals surface area contributed by atoms with Crippen molar-refractivity contribution >= 4 is 23.3 Å². The molecule has 124 valence electrons. The van der Waals surface area contributed by atoms with E-state index in [4.69, 9.17) is 25.9 Å². The topological polar surface area (TPSA) is 57.1 Å². The molecule has 0 amide bonds. The Labute approximate surface area is 144 Å². The molecule has 0 radical (unpaired) electrons. The summed E-state index contributed by atoms with van der Waals surface area (Å²) in [7, 11) is 1.59. The molecule has 0 saturated carbocycles. The minimum atomic E-state index is -0.556. The summed E-state index contributed by atoms with van der Waals surface area (Å²) in [4.78, 5) is 17.2. The van der Waals surface area contributed by atoms with Gasteiger partial charge in [0.15, 0.2) is 0 Å². The molecule has 0 aliphatic carbocycles. The fourth-order valence-corrected chi connectivity index (χ4v) is 2.65. The molecule has 2 aromatic carbocycles. The number of carbonyl (C=O) groups excluding carboxylic acids is 1. The predicted octanol–water partition coefficient (Wildman–Crippen LogP) is 4.08. The van der Waals surface area contributed by atoms with Gasteiger partial charge in [0, 0.05) is 23.1 Å². The van der Waals surface area contributed by atoms with Crippen LogP contribution in [-0.2, 0) is 4.84 Å². The van der Waals surface area contributed by atoms with Crippen LogP contribution in [0.5, 0.6) is 11.5 Å². The third-order valence-electron chi connectivity index (χ3n) is 3.61. The summed E-state index contributed by atoms with van der Waals surface area (Å²) in [5.41, 5.74) is 1.79. The Morgan fingerprint density at radius 2 is 2.12 bits per heavy atom. The number of fused-ring (bicyclic) bond motifs is 1. The van der Waals surface area contributed by atoms with E-state index in [0.717, 1.165) is 5.56 Å². The summed E-state index contributed by atoms with van der Waals surface area (Å²) in [6.45, 7) is 1.93. The summed E-state index contributed by atoms with van der Waals surface area (Å²) < 4.78 is 11.0. The van der Waals surface area contributed by atoms with Gasteiger partial charge in [-0.3, -0.25) is 0 Å². The first kappa shape index (κ1) is 16.3. The highest BCUT2D eigenvalue weighted by atomic mass is 35.5. The molecule has 24 heavy (non-hydrogen) atoms. The maximum absolute atomic E-state index is 12.1. The van der Waals surface area contributed by atoms with E-state index < -0.39 is 5.97 Å². The van der Waals surface area contributed by atoms with E-state index in [2.05, 4.69) is 5.16 Å². The summed E-state index contributed by atoms with van der Waals surface area (Å²) in [5, 5.41) is 4.51. The van der Waals surface area contributed by atoms with E-state index >= 15 is 0 Å². The van der Waals surface area contributed by atoms with Crippen LogP contribution in [0.15, 0.2) is 47.6 Å². The van der Waals surface area contributed by atoms with Crippen molar-refractivity contribution in [3.63, 3.8) is 0 Å². The maximum atomic E-state index is 12.1. The number of oxime groups is 1. The minimum Gasteiger partial charge on any atom is -0.497 e. The number of ether oxygens (including phenoxy) is 2. The molecule has 0 spiro atoms. The van der Waals surface area contributed by atoms with Crippen LogP contribution in [0, 0.1) is 0 Å². The van der Waals surface area contributed by atoms with Gasteiger partial charge in [-0.15, -0.1) is 0 Å². The van der Waals surface area contributed by atoms with E-state index in [1.54, 1.807) is 31.4 Å². The third kappa shape index (κ3) is 3.51. The quantitative estimate of drug-likeness (QED) is 0.621. The van der Waals surface area contributed by atoms with Crippen molar-refractivity contribution in [2.75, 3.05) is 7.11 Å². The largest absolute Gasteiger partial charge is 0.497 e. The molecule has 1 aliphatic heterocycles. The molecule has 2 aromatic rings. The van der Waals surface area contributed by atoms with Crippen LogP contribution >= 0.6 is 11.6 Å². The first-order chi connectivity index (χ1) is 11.6. The smallest absolute Gasteiger partial charge is 0.365 e. The number of methoxy groups -OCH3 is 1. The highest BCUT2D eigenvalue weighted by Crippen LogP contribution is 2.31. The third-order valence-corrected chi connectivity index (χ3v) is 3.84. The minimum absolute atomic E-state index is 0.0757. The first-order valence-corrected chi connectivity index (χ1v) is 7.83. The Morgan fingerprint density at radius 3 is 2.88 bits per heavy atom. The Bertz CT molecular complexity index is 803. The Morgan fingerprint density at radius 1 is 1.29 bits per heavy atom. The number of nitrogens with zero attached hydrogens (tertiary/aromatic N) is 1. The van der Waals surface area contributed by atoms with Gasteiger partial charge >= 0.3 is 5.97 Å². The van der Waals surface area contributed by atoms with Crippen molar-refractivity contribution in [2.45, 2.75) is 19.4 Å². The van der Waals surface area contributed by atoms with E-state index in [1.165, 1.54) is 6.07 Å². The van der Waals surface area contributed by atoms with E-state index in [-0.39, 0.29) is 6.10 Å². The van der Waals surface area contributed by atoms with Gasteiger partial charge in [-0.25, -0.2) is 4.79 Å². The van der Waals surface area contributed by atoms with Crippen LogP contribution in [0.2, 0.25) is 5.02 Å². The van der Waals surface area contributed by atoms with E-state index in [9.17, 15) is 4.79 Å². The molecule has 1 heterocycles. The van der Waals surface area contributed by atoms with Crippen molar-refractivity contribution < 1.29 is 19.1 Å². The number of benzene rings is 2. The molecule has 6 heteroatoms. The van der Waals surface area contributed by atoms with Gasteiger partial charge in [0.05, 0.1) is 18.4 Å². The first-order valence-electron chi connectivity index (χ1n) is 7.45. The lowest BCUT2D eigenvalue weighted by atomic mass is 10.0. The highest BCUT2D eigenvalue weighted by molar-refractivity contribution is 6.30. The summed E-state index contributed by atoms with van der Waals surface area (Å²) >= 11 is 5.88. The van der Waals surface area contributed by atoms with Crippen LogP contribution < -0.4 is 9.47 Å². The fraction of sp³-hybridized carbons (Fsp3) is 0.222. The number of hydrogen-bond donors (Lipinski definition) is 0.